The lowest BCUT2D eigenvalue weighted by molar-refractivity contribution is -0.384. The lowest BCUT2D eigenvalue weighted by Crippen LogP contribution is -2.50. The van der Waals surface area contributed by atoms with E-state index in [9.17, 15) is 23.3 Å². The molecule has 1 aliphatic heterocycles. The van der Waals surface area contributed by atoms with Crippen molar-refractivity contribution < 1.29 is 18.1 Å². The zero-order valence-corrected chi connectivity index (χ0v) is 17.7. The fourth-order valence-corrected chi connectivity index (χ4v) is 4.84. The van der Waals surface area contributed by atoms with Gasteiger partial charge in [-0.15, -0.1) is 0 Å². The van der Waals surface area contributed by atoms with Crippen molar-refractivity contribution in [2.24, 2.45) is 0 Å². The molecule has 0 radical (unpaired) electrons. The van der Waals surface area contributed by atoms with E-state index in [1.807, 2.05) is 12.1 Å². The first-order valence-corrected chi connectivity index (χ1v) is 11.4. The molecule has 1 amide bonds. The third kappa shape index (κ3) is 5.03. The van der Waals surface area contributed by atoms with Crippen LogP contribution in [-0.4, -0.2) is 54.6 Å². The zero-order chi connectivity index (χ0) is 21.7. The van der Waals surface area contributed by atoms with Crippen molar-refractivity contribution in [3.63, 3.8) is 0 Å². The fraction of sp³-hybridized carbons (Fsp3) is 0.381. The third-order valence-electron chi connectivity index (χ3n) is 5.34. The fourth-order valence-electron chi connectivity index (χ4n) is 3.42. The molecule has 0 bridgehead atoms. The van der Waals surface area contributed by atoms with Gasteiger partial charge in [-0.2, -0.15) is 4.31 Å². The maximum Gasteiger partial charge on any atom is 0.269 e. The van der Waals surface area contributed by atoms with Crippen LogP contribution in [0.2, 0.25) is 0 Å². The summed E-state index contributed by atoms with van der Waals surface area (Å²) in [6, 6.07) is 13.1. The summed E-state index contributed by atoms with van der Waals surface area (Å²) in [6.45, 7) is 3.17. The number of amides is 1. The number of hydrogen-bond acceptors (Lipinski definition) is 5. The van der Waals surface area contributed by atoms with Crippen molar-refractivity contribution in [1.29, 1.82) is 0 Å². The SMILES string of the molecule is CCc1ccc(CCC(=O)N2CCN(S(=O)(=O)c3ccc([N+](=O)[O-])cc3)CC2)cc1. The first-order chi connectivity index (χ1) is 14.3. The monoisotopic (exact) mass is 431 g/mol. The van der Waals surface area contributed by atoms with Crippen LogP contribution in [0.25, 0.3) is 0 Å². The summed E-state index contributed by atoms with van der Waals surface area (Å²) in [6.07, 6.45) is 2.02. The van der Waals surface area contributed by atoms with Gasteiger partial charge in [0, 0.05) is 44.7 Å². The van der Waals surface area contributed by atoms with Crippen LogP contribution >= 0.6 is 0 Å². The Hall–Kier alpha value is -2.78. The van der Waals surface area contributed by atoms with Crippen molar-refractivity contribution >= 4 is 21.6 Å². The molecular formula is C21H25N3O5S. The highest BCUT2D eigenvalue weighted by Gasteiger charge is 2.30. The van der Waals surface area contributed by atoms with E-state index in [4.69, 9.17) is 0 Å². The number of carbonyl (C=O) groups is 1. The number of sulfonamides is 1. The molecule has 8 nitrogen and oxygen atoms in total. The molecule has 1 fully saturated rings. The predicted octanol–water partition coefficient (Wildman–Crippen LogP) is 2.62. The molecule has 3 rings (SSSR count). The first-order valence-electron chi connectivity index (χ1n) is 9.91. The molecule has 0 N–H and O–H groups in total. The van der Waals surface area contributed by atoms with E-state index in [1.54, 1.807) is 4.90 Å². The number of benzene rings is 2. The van der Waals surface area contributed by atoms with E-state index in [-0.39, 0.29) is 29.6 Å². The molecular weight excluding hydrogens is 406 g/mol. The summed E-state index contributed by atoms with van der Waals surface area (Å²) in [5.74, 6) is 0.0157. The van der Waals surface area contributed by atoms with Crippen LogP contribution in [0.3, 0.4) is 0 Å². The quantitative estimate of drug-likeness (QED) is 0.495. The van der Waals surface area contributed by atoms with Crippen molar-refractivity contribution in [1.82, 2.24) is 9.21 Å². The van der Waals surface area contributed by atoms with Crippen LogP contribution in [0, 0.1) is 10.1 Å². The number of hydrogen-bond donors (Lipinski definition) is 0. The van der Waals surface area contributed by atoms with Crippen LogP contribution in [0.1, 0.15) is 24.5 Å². The summed E-state index contributed by atoms with van der Waals surface area (Å²) in [5, 5.41) is 10.7. The van der Waals surface area contributed by atoms with Crippen LogP contribution in [0.5, 0.6) is 0 Å². The minimum absolute atomic E-state index is 0.0157. The van der Waals surface area contributed by atoms with Crippen LogP contribution in [-0.2, 0) is 27.7 Å². The first kappa shape index (κ1) is 21.9. The molecule has 1 saturated heterocycles. The number of nitro benzene ring substituents is 1. The number of aryl methyl sites for hydroxylation is 2. The Balaban J connectivity index is 1.54. The van der Waals surface area contributed by atoms with Gasteiger partial charge in [0.2, 0.25) is 15.9 Å². The molecule has 0 aliphatic carbocycles. The second kappa shape index (κ2) is 9.36. The third-order valence-corrected chi connectivity index (χ3v) is 7.25. The molecule has 0 atom stereocenters. The van der Waals surface area contributed by atoms with E-state index in [1.165, 1.54) is 34.1 Å². The van der Waals surface area contributed by atoms with Crippen LogP contribution in [0.4, 0.5) is 5.69 Å². The Kier molecular flexibility index (Phi) is 6.84. The van der Waals surface area contributed by atoms with Gasteiger partial charge >= 0.3 is 0 Å². The molecule has 9 heteroatoms. The smallest absolute Gasteiger partial charge is 0.269 e. The minimum Gasteiger partial charge on any atom is -0.340 e. The second-order valence-electron chi connectivity index (χ2n) is 7.21. The summed E-state index contributed by atoms with van der Waals surface area (Å²) < 4.78 is 26.8. The number of nitro groups is 1. The summed E-state index contributed by atoms with van der Waals surface area (Å²) in [7, 11) is -3.74. The van der Waals surface area contributed by atoms with Gasteiger partial charge < -0.3 is 4.90 Å². The highest BCUT2D eigenvalue weighted by atomic mass is 32.2. The average Bonchev–Trinajstić information content (AvgIpc) is 2.78. The normalized spacial score (nSPS) is 15.2. The number of rotatable bonds is 7. The highest BCUT2D eigenvalue weighted by Crippen LogP contribution is 2.21. The second-order valence-corrected chi connectivity index (χ2v) is 9.14. The van der Waals surface area contributed by atoms with Crippen LogP contribution in [0.15, 0.2) is 53.4 Å². The lowest BCUT2D eigenvalue weighted by atomic mass is 10.1. The average molecular weight is 432 g/mol. The number of carbonyl (C=O) groups excluding carboxylic acids is 1. The van der Waals surface area contributed by atoms with Gasteiger partial charge in [0.1, 0.15) is 0 Å². The number of piperazine rings is 1. The molecule has 160 valence electrons. The molecule has 0 saturated carbocycles. The summed E-state index contributed by atoms with van der Waals surface area (Å²) >= 11 is 0. The Morgan fingerprint density at radius 2 is 1.53 bits per heavy atom. The highest BCUT2D eigenvalue weighted by molar-refractivity contribution is 7.89. The molecule has 2 aromatic carbocycles. The Morgan fingerprint density at radius 3 is 2.07 bits per heavy atom. The molecule has 30 heavy (non-hydrogen) atoms. The molecule has 2 aromatic rings. The number of nitrogens with zero attached hydrogens (tertiary/aromatic N) is 3. The van der Waals surface area contributed by atoms with Gasteiger partial charge in [0.15, 0.2) is 0 Å². The van der Waals surface area contributed by atoms with Crippen molar-refractivity contribution in [2.75, 3.05) is 26.2 Å². The molecule has 1 heterocycles. The van der Waals surface area contributed by atoms with E-state index >= 15 is 0 Å². The lowest BCUT2D eigenvalue weighted by Gasteiger charge is -2.34. The van der Waals surface area contributed by atoms with Gasteiger partial charge in [-0.25, -0.2) is 8.42 Å². The van der Waals surface area contributed by atoms with E-state index in [0.717, 1.165) is 12.0 Å². The molecule has 0 aromatic heterocycles. The van der Waals surface area contributed by atoms with Gasteiger partial charge in [0.25, 0.3) is 5.69 Å². The van der Waals surface area contributed by atoms with Crippen molar-refractivity contribution in [2.45, 2.75) is 31.1 Å². The van der Waals surface area contributed by atoms with Gasteiger partial charge in [-0.3, -0.25) is 14.9 Å². The molecule has 1 aliphatic rings. The Bertz CT molecular complexity index is 996. The number of non-ortho nitro benzene ring substituents is 1. The van der Waals surface area contributed by atoms with Gasteiger partial charge in [-0.05, 0) is 36.1 Å². The Labute approximate surface area is 176 Å². The minimum atomic E-state index is -3.74. The van der Waals surface area contributed by atoms with E-state index < -0.39 is 14.9 Å². The van der Waals surface area contributed by atoms with Crippen molar-refractivity contribution in [3.8, 4) is 0 Å². The summed E-state index contributed by atoms with van der Waals surface area (Å²) in [5.41, 5.74) is 2.21. The largest absolute Gasteiger partial charge is 0.340 e. The molecule has 0 unspecified atom stereocenters. The Morgan fingerprint density at radius 1 is 0.967 bits per heavy atom. The standard InChI is InChI=1S/C21H25N3O5S/c1-2-17-3-5-18(6-4-17)7-12-21(25)22-13-15-23(16-14-22)30(28,29)20-10-8-19(9-11-20)24(26)27/h3-6,8-11H,2,7,12-16H2,1H3. The predicted molar refractivity (Wildman–Crippen MR) is 113 cm³/mol. The van der Waals surface area contributed by atoms with Crippen LogP contribution < -0.4 is 0 Å². The van der Waals surface area contributed by atoms with Crippen molar-refractivity contribution in [3.05, 3.63) is 69.8 Å². The topological polar surface area (TPSA) is 101 Å². The zero-order valence-electron chi connectivity index (χ0n) is 16.9. The maximum absolute atomic E-state index is 12.8. The van der Waals surface area contributed by atoms with Gasteiger partial charge in [0.05, 0.1) is 9.82 Å². The van der Waals surface area contributed by atoms with Gasteiger partial charge in [-0.1, -0.05) is 31.2 Å². The summed E-state index contributed by atoms with van der Waals surface area (Å²) in [4.78, 5) is 24.4. The molecule has 0 spiro atoms. The maximum atomic E-state index is 12.8. The van der Waals surface area contributed by atoms with E-state index in [2.05, 4.69) is 19.1 Å². The van der Waals surface area contributed by atoms with E-state index in [0.29, 0.717) is 25.9 Å².